The summed E-state index contributed by atoms with van der Waals surface area (Å²) < 4.78 is 24.4. The van der Waals surface area contributed by atoms with Crippen LogP contribution >= 0.6 is 0 Å². The molecule has 0 aliphatic rings. The Morgan fingerprint density at radius 1 is 1.24 bits per heavy atom. The van der Waals surface area contributed by atoms with E-state index in [2.05, 4.69) is 12.2 Å². The fourth-order valence-electron chi connectivity index (χ4n) is 1.59. The number of rotatable bonds is 7. The smallest absolute Gasteiger partial charge is 0.255 e. The SMILES string of the molecule is CCCNCc1ccc(N(C)CC(F)F)cc1. The first-order valence-corrected chi connectivity index (χ1v) is 5.92. The fourth-order valence-corrected chi connectivity index (χ4v) is 1.59. The molecule has 0 saturated carbocycles. The summed E-state index contributed by atoms with van der Waals surface area (Å²) in [6, 6.07) is 7.70. The summed E-state index contributed by atoms with van der Waals surface area (Å²) in [5, 5.41) is 3.30. The van der Waals surface area contributed by atoms with Crippen LogP contribution in [0.3, 0.4) is 0 Å². The number of hydrogen-bond acceptors (Lipinski definition) is 2. The minimum absolute atomic E-state index is 0.229. The molecule has 0 aromatic heterocycles. The molecule has 17 heavy (non-hydrogen) atoms. The van der Waals surface area contributed by atoms with Gasteiger partial charge < -0.3 is 10.2 Å². The van der Waals surface area contributed by atoms with Crippen molar-refractivity contribution in [2.24, 2.45) is 0 Å². The van der Waals surface area contributed by atoms with E-state index in [0.717, 1.165) is 25.2 Å². The largest absolute Gasteiger partial charge is 0.369 e. The van der Waals surface area contributed by atoms with Crippen molar-refractivity contribution in [2.75, 3.05) is 25.0 Å². The quantitative estimate of drug-likeness (QED) is 0.740. The van der Waals surface area contributed by atoms with E-state index in [1.54, 1.807) is 11.9 Å². The van der Waals surface area contributed by atoms with Gasteiger partial charge in [0.05, 0.1) is 6.54 Å². The Balaban J connectivity index is 2.49. The maximum Gasteiger partial charge on any atom is 0.255 e. The third kappa shape index (κ3) is 5.13. The zero-order valence-electron chi connectivity index (χ0n) is 10.4. The molecule has 96 valence electrons. The van der Waals surface area contributed by atoms with E-state index >= 15 is 0 Å². The molecule has 2 nitrogen and oxygen atoms in total. The molecule has 0 atom stereocenters. The zero-order chi connectivity index (χ0) is 12.7. The molecule has 0 aliphatic heterocycles. The molecule has 1 aromatic carbocycles. The van der Waals surface area contributed by atoms with E-state index in [0.29, 0.717) is 0 Å². The van der Waals surface area contributed by atoms with Gasteiger partial charge in [0.1, 0.15) is 0 Å². The van der Waals surface area contributed by atoms with Gasteiger partial charge in [0, 0.05) is 19.3 Å². The van der Waals surface area contributed by atoms with Crippen LogP contribution in [0.5, 0.6) is 0 Å². The highest BCUT2D eigenvalue weighted by atomic mass is 19.3. The zero-order valence-corrected chi connectivity index (χ0v) is 10.4. The number of hydrogen-bond donors (Lipinski definition) is 1. The van der Waals surface area contributed by atoms with Gasteiger partial charge in [-0.2, -0.15) is 0 Å². The Morgan fingerprint density at radius 3 is 2.41 bits per heavy atom. The minimum Gasteiger partial charge on any atom is -0.369 e. The predicted molar refractivity (Wildman–Crippen MR) is 67.7 cm³/mol. The topological polar surface area (TPSA) is 15.3 Å². The van der Waals surface area contributed by atoms with Crippen molar-refractivity contribution < 1.29 is 8.78 Å². The van der Waals surface area contributed by atoms with Crippen LogP contribution < -0.4 is 10.2 Å². The molecule has 0 amide bonds. The molecule has 0 aliphatic carbocycles. The first kappa shape index (κ1) is 13.9. The third-order valence-corrected chi connectivity index (χ3v) is 2.54. The van der Waals surface area contributed by atoms with Gasteiger partial charge in [-0.15, -0.1) is 0 Å². The molecular weight excluding hydrogens is 222 g/mol. The van der Waals surface area contributed by atoms with Crippen molar-refractivity contribution in [3.05, 3.63) is 29.8 Å². The number of benzene rings is 1. The second-order valence-corrected chi connectivity index (χ2v) is 4.11. The van der Waals surface area contributed by atoms with Gasteiger partial charge in [-0.3, -0.25) is 0 Å². The second kappa shape index (κ2) is 7.22. The molecule has 0 radical (unpaired) electrons. The normalized spacial score (nSPS) is 10.9. The van der Waals surface area contributed by atoms with Crippen molar-refractivity contribution >= 4 is 5.69 Å². The molecule has 1 N–H and O–H groups in total. The van der Waals surface area contributed by atoms with Gasteiger partial charge in [-0.25, -0.2) is 8.78 Å². The first-order chi connectivity index (χ1) is 8.13. The molecule has 0 bridgehead atoms. The van der Waals surface area contributed by atoms with Crippen LogP contribution in [-0.2, 0) is 6.54 Å². The lowest BCUT2D eigenvalue weighted by atomic mass is 10.2. The van der Waals surface area contributed by atoms with Gasteiger partial charge in [-0.05, 0) is 30.7 Å². The first-order valence-electron chi connectivity index (χ1n) is 5.92. The van der Waals surface area contributed by atoms with Crippen LogP contribution in [-0.4, -0.2) is 26.6 Å². The van der Waals surface area contributed by atoms with E-state index in [1.165, 1.54) is 5.56 Å². The van der Waals surface area contributed by atoms with Crippen LogP contribution in [0.15, 0.2) is 24.3 Å². The highest BCUT2D eigenvalue weighted by Gasteiger charge is 2.08. The monoisotopic (exact) mass is 242 g/mol. The molecule has 0 saturated heterocycles. The minimum atomic E-state index is -2.30. The molecule has 0 unspecified atom stereocenters. The Labute approximate surface area is 102 Å². The van der Waals surface area contributed by atoms with Crippen LogP contribution in [0.2, 0.25) is 0 Å². The highest BCUT2D eigenvalue weighted by Crippen LogP contribution is 2.14. The van der Waals surface area contributed by atoms with Crippen molar-refractivity contribution in [1.29, 1.82) is 0 Å². The summed E-state index contributed by atoms with van der Waals surface area (Å²) in [4.78, 5) is 1.56. The highest BCUT2D eigenvalue weighted by molar-refractivity contribution is 5.46. The number of anilines is 1. The number of alkyl halides is 2. The molecular formula is C13H20F2N2. The van der Waals surface area contributed by atoms with E-state index < -0.39 is 6.43 Å². The molecule has 1 rings (SSSR count). The molecule has 4 heteroatoms. The van der Waals surface area contributed by atoms with E-state index in [1.807, 2.05) is 24.3 Å². The molecule has 0 fully saturated rings. The van der Waals surface area contributed by atoms with Gasteiger partial charge >= 0.3 is 0 Å². The Bertz CT molecular complexity index is 312. The second-order valence-electron chi connectivity index (χ2n) is 4.11. The van der Waals surface area contributed by atoms with E-state index in [-0.39, 0.29) is 6.54 Å². The lowest BCUT2D eigenvalue weighted by molar-refractivity contribution is 0.156. The van der Waals surface area contributed by atoms with Gasteiger partial charge in [0.25, 0.3) is 6.43 Å². The number of nitrogens with one attached hydrogen (secondary N) is 1. The predicted octanol–water partition coefficient (Wildman–Crippen LogP) is 2.89. The van der Waals surface area contributed by atoms with Crippen molar-refractivity contribution in [1.82, 2.24) is 5.32 Å². The standard InChI is InChI=1S/C13H20F2N2/c1-3-8-16-9-11-4-6-12(7-5-11)17(2)10-13(14)15/h4-7,13,16H,3,8-10H2,1-2H3. The van der Waals surface area contributed by atoms with Crippen LogP contribution in [0, 0.1) is 0 Å². The molecule has 1 aromatic rings. The van der Waals surface area contributed by atoms with E-state index in [4.69, 9.17) is 0 Å². The Kier molecular flexibility index (Phi) is 5.91. The summed E-state index contributed by atoms with van der Waals surface area (Å²) >= 11 is 0. The summed E-state index contributed by atoms with van der Waals surface area (Å²) in [5.41, 5.74) is 2.00. The van der Waals surface area contributed by atoms with E-state index in [9.17, 15) is 8.78 Å². The molecule has 0 spiro atoms. The van der Waals surface area contributed by atoms with Crippen LogP contribution in [0.4, 0.5) is 14.5 Å². The van der Waals surface area contributed by atoms with Crippen LogP contribution in [0.25, 0.3) is 0 Å². The maximum absolute atomic E-state index is 12.2. The lowest BCUT2D eigenvalue weighted by Gasteiger charge is -2.18. The number of halogens is 2. The average molecular weight is 242 g/mol. The van der Waals surface area contributed by atoms with Gasteiger partial charge in [0.2, 0.25) is 0 Å². The van der Waals surface area contributed by atoms with Crippen molar-refractivity contribution in [3.8, 4) is 0 Å². The Hall–Kier alpha value is -1.16. The fraction of sp³-hybridized carbons (Fsp3) is 0.538. The van der Waals surface area contributed by atoms with Gasteiger partial charge in [-0.1, -0.05) is 19.1 Å². The lowest BCUT2D eigenvalue weighted by Crippen LogP contribution is -2.23. The van der Waals surface area contributed by atoms with Crippen molar-refractivity contribution in [3.63, 3.8) is 0 Å². The summed E-state index contributed by atoms with van der Waals surface area (Å²) in [5.74, 6) is 0. The molecule has 0 heterocycles. The van der Waals surface area contributed by atoms with Crippen LogP contribution in [0.1, 0.15) is 18.9 Å². The van der Waals surface area contributed by atoms with Gasteiger partial charge in [0.15, 0.2) is 0 Å². The maximum atomic E-state index is 12.2. The third-order valence-electron chi connectivity index (χ3n) is 2.54. The van der Waals surface area contributed by atoms with Crippen molar-refractivity contribution in [2.45, 2.75) is 26.3 Å². The number of nitrogens with zero attached hydrogens (tertiary/aromatic N) is 1. The summed E-state index contributed by atoms with van der Waals surface area (Å²) in [6.07, 6.45) is -1.19. The Morgan fingerprint density at radius 2 is 1.88 bits per heavy atom. The summed E-state index contributed by atoms with van der Waals surface area (Å²) in [6.45, 7) is 3.71. The average Bonchev–Trinajstić information content (AvgIpc) is 2.29. The summed E-state index contributed by atoms with van der Waals surface area (Å²) in [7, 11) is 1.68.